The SMILES string of the molecule is CCNC(=O)Nc1cnc(C)s1. The Labute approximate surface area is 75.0 Å². The zero-order valence-electron chi connectivity index (χ0n) is 7.05. The first-order valence-corrected chi connectivity index (χ1v) is 4.51. The van der Waals surface area contributed by atoms with Gasteiger partial charge in [-0.3, -0.25) is 5.32 Å². The van der Waals surface area contributed by atoms with Crippen molar-refractivity contribution in [2.45, 2.75) is 13.8 Å². The highest BCUT2D eigenvalue weighted by Crippen LogP contribution is 2.16. The second kappa shape index (κ2) is 4.06. The van der Waals surface area contributed by atoms with Crippen molar-refractivity contribution in [3.05, 3.63) is 11.2 Å². The standard InChI is InChI=1S/C7H11N3OS/c1-3-8-7(11)10-6-4-9-5(2)12-6/h4H,3H2,1-2H3,(H2,8,10,11). The van der Waals surface area contributed by atoms with Gasteiger partial charge >= 0.3 is 6.03 Å². The maximum absolute atomic E-state index is 11.0. The topological polar surface area (TPSA) is 54.0 Å². The van der Waals surface area contributed by atoms with E-state index in [-0.39, 0.29) is 6.03 Å². The van der Waals surface area contributed by atoms with E-state index >= 15 is 0 Å². The largest absolute Gasteiger partial charge is 0.338 e. The quantitative estimate of drug-likeness (QED) is 0.735. The molecule has 0 aromatic carbocycles. The Morgan fingerprint density at radius 3 is 3.00 bits per heavy atom. The third-order valence-corrected chi connectivity index (χ3v) is 2.02. The molecule has 0 fully saturated rings. The molecule has 1 aromatic rings. The van der Waals surface area contributed by atoms with E-state index in [0.29, 0.717) is 6.54 Å². The van der Waals surface area contributed by atoms with Crippen LogP contribution in [-0.2, 0) is 0 Å². The van der Waals surface area contributed by atoms with Crippen LogP contribution in [-0.4, -0.2) is 17.6 Å². The third-order valence-electron chi connectivity index (χ3n) is 1.20. The van der Waals surface area contributed by atoms with Gasteiger partial charge in [0.15, 0.2) is 0 Å². The number of hydrogen-bond donors (Lipinski definition) is 2. The maximum atomic E-state index is 11.0. The number of nitrogens with zero attached hydrogens (tertiary/aromatic N) is 1. The Morgan fingerprint density at radius 1 is 1.75 bits per heavy atom. The lowest BCUT2D eigenvalue weighted by molar-refractivity contribution is 0.252. The lowest BCUT2D eigenvalue weighted by Gasteiger charge is -2.00. The van der Waals surface area contributed by atoms with E-state index in [2.05, 4.69) is 15.6 Å². The molecule has 4 nitrogen and oxygen atoms in total. The third kappa shape index (κ3) is 2.50. The number of rotatable bonds is 2. The molecule has 0 saturated heterocycles. The van der Waals surface area contributed by atoms with Crippen LogP contribution in [0.1, 0.15) is 11.9 Å². The highest BCUT2D eigenvalue weighted by atomic mass is 32.1. The molecule has 1 rings (SSSR count). The highest BCUT2D eigenvalue weighted by molar-refractivity contribution is 7.15. The molecule has 0 unspecified atom stereocenters. The number of urea groups is 1. The summed E-state index contributed by atoms with van der Waals surface area (Å²) in [5, 5.41) is 7.02. The summed E-state index contributed by atoms with van der Waals surface area (Å²) < 4.78 is 0. The van der Waals surface area contributed by atoms with Crippen LogP contribution in [0.15, 0.2) is 6.20 Å². The number of anilines is 1. The molecule has 0 aliphatic rings. The Bertz CT molecular complexity index is 271. The van der Waals surface area contributed by atoms with Crippen LogP contribution in [0.3, 0.4) is 0 Å². The fourth-order valence-electron chi connectivity index (χ4n) is 0.736. The van der Waals surface area contributed by atoms with Crippen LogP contribution in [0.4, 0.5) is 9.80 Å². The summed E-state index contributed by atoms with van der Waals surface area (Å²) in [4.78, 5) is 15.0. The van der Waals surface area contributed by atoms with Gasteiger partial charge in [0.05, 0.1) is 11.2 Å². The van der Waals surface area contributed by atoms with Gasteiger partial charge in [-0.2, -0.15) is 0 Å². The molecule has 0 spiro atoms. The molecule has 5 heteroatoms. The van der Waals surface area contributed by atoms with Crippen molar-refractivity contribution in [1.29, 1.82) is 0 Å². The van der Waals surface area contributed by atoms with Crippen molar-refractivity contribution in [3.8, 4) is 0 Å². The van der Waals surface area contributed by atoms with Crippen LogP contribution in [0, 0.1) is 6.92 Å². The first kappa shape index (κ1) is 8.99. The molecule has 0 atom stereocenters. The molecule has 1 aromatic heterocycles. The van der Waals surface area contributed by atoms with E-state index < -0.39 is 0 Å². The smallest absolute Gasteiger partial charge is 0.319 e. The Balaban J connectivity index is 2.46. The summed E-state index contributed by atoms with van der Waals surface area (Å²) in [5.41, 5.74) is 0. The van der Waals surface area contributed by atoms with Crippen molar-refractivity contribution in [2.24, 2.45) is 0 Å². The number of thiazole rings is 1. The Morgan fingerprint density at radius 2 is 2.50 bits per heavy atom. The van der Waals surface area contributed by atoms with E-state index in [1.807, 2.05) is 13.8 Å². The van der Waals surface area contributed by atoms with Crippen molar-refractivity contribution in [2.75, 3.05) is 11.9 Å². The second-order valence-electron chi connectivity index (χ2n) is 2.23. The fourth-order valence-corrected chi connectivity index (χ4v) is 1.41. The van der Waals surface area contributed by atoms with E-state index in [1.165, 1.54) is 11.3 Å². The molecule has 0 saturated carbocycles. The molecule has 0 aliphatic heterocycles. The molecular formula is C7H11N3OS. The van der Waals surface area contributed by atoms with E-state index in [4.69, 9.17) is 0 Å². The number of carbonyl (C=O) groups is 1. The van der Waals surface area contributed by atoms with Gasteiger partial charge in [0.1, 0.15) is 5.00 Å². The normalized spacial score (nSPS) is 9.50. The van der Waals surface area contributed by atoms with Crippen LogP contribution < -0.4 is 10.6 Å². The molecule has 2 N–H and O–H groups in total. The molecule has 0 bridgehead atoms. The summed E-state index contributed by atoms with van der Waals surface area (Å²) >= 11 is 1.46. The lowest BCUT2D eigenvalue weighted by atomic mass is 10.7. The monoisotopic (exact) mass is 185 g/mol. The predicted octanol–water partition coefficient (Wildman–Crippen LogP) is 1.59. The fraction of sp³-hybridized carbons (Fsp3) is 0.429. The Kier molecular flexibility index (Phi) is 3.04. The van der Waals surface area contributed by atoms with Crippen LogP contribution in [0.25, 0.3) is 0 Å². The van der Waals surface area contributed by atoms with Crippen molar-refractivity contribution >= 4 is 22.4 Å². The van der Waals surface area contributed by atoms with Gasteiger partial charge in [0.2, 0.25) is 0 Å². The average Bonchev–Trinajstić information content (AvgIpc) is 2.36. The minimum Gasteiger partial charge on any atom is -0.338 e. The van der Waals surface area contributed by atoms with Gasteiger partial charge in [-0.05, 0) is 13.8 Å². The second-order valence-corrected chi connectivity index (χ2v) is 3.46. The number of amides is 2. The van der Waals surface area contributed by atoms with Crippen molar-refractivity contribution in [3.63, 3.8) is 0 Å². The molecule has 1 heterocycles. The van der Waals surface area contributed by atoms with E-state index in [0.717, 1.165) is 10.0 Å². The van der Waals surface area contributed by atoms with E-state index in [9.17, 15) is 4.79 Å². The highest BCUT2D eigenvalue weighted by Gasteiger charge is 2.01. The number of nitrogens with one attached hydrogen (secondary N) is 2. The average molecular weight is 185 g/mol. The molecule has 0 aliphatic carbocycles. The van der Waals surface area contributed by atoms with Gasteiger partial charge in [0, 0.05) is 6.54 Å². The van der Waals surface area contributed by atoms with Gasteiger partial charge < -0.3 is 5.32 Å². The number of hydrogen-bond acceptors (Lipinski definition) is 3. The zero-order valence-corrected chi connectivity index (χ0v) is 7.86. The predicted molar refractivity (Wildman–Crippen MR) is 49.5 cm³/mol. The first-order chi connectivity index (χ1) is 5.72. The number of aromatic nitrogens is 1. The minimum absolute atomic E-state index is 0.179. The van der Waals surface area contributed by atoms with Crippen LogP contribution in [0.5, 0.6) is 0 Å². The molecule has 2 amide bonds. The molecule has 0 radical (unpaired) electrons. The summed E-state index contributed by atoms with van der Waals surface area (Å²) in [7, 11) is 0. The summed E-state index contributed by atoms with van der Waals surface area (Å²) in [6.07, 6.45) is 1.65. The van der Waals surface area contributed by atoms with Crippen molar-refractivity contribution < 1.29 is 4.79 Å². The van der Waals surface area contributed by atoms with Gasteiger partial charge in [-0.15, -0.1) is 11.3 Å². The van der Waals surface area contributed by atoms with Crippen LogP contribution >= 0.6 is 11.3 Å². The number of aryl methyl sites for hydroxylation is 1. The maximum Gasteiger partial charge on any atom is 0.319 e. The van der Waals surface area contributed by atoms with Gasteiger partial charge in [-0.25, -0.2) is 9.78 Å². The molecule has 66 valence electrons. The summed E-state index contributed by atoms with van der Waals surface area (Å²) in [6.45, 7) is 4.40. The molecule has 12 heavy (non-hydrogen) atoms. The first-order valence-electron chi connectivity index (χ1n) is 3.69. The molecular weight excluding hydrogens is 174 g/mol. The Hall–Kier alpha value is -1.10. The summed E-state index contributed by atoms with van der Waals surface area (Å²) in [5.74, 6) is 0. The van der Waals surface area contributed by atoms with Crippen molar-refractivity contribution in [1.82, 2.24) is 10.3 Å². The number of carbonyl (C=O) groups excluding carboxylic acids is 1. The zero-order chi connectivity index (χ0) is 8.97. The van der Waals surface area contributed by atoms with E-state index in [1.54, 1.807) is 6.20 Å². The van der Waals surface area contributed by atoms with Gasteiger partial charge in [-0.1, -0.05) is 0 Å². The lowest BCUT2D eigenvalue weighted by Crippen LogP contribution is -2.27. The summed E-state index contributed by atoms with van der Waals surface area (Å²) in [6, 6.07) is -0.179. The van der Waals surface area contributed by atoms with Crippen LogP contribution in [0.2, 0.25) is 0 Å². The minimum atomic E-state index is -0.179. The van der Waals surface area contributed by atoms with Gasteiger partial charge in [0.25, 0.3) is 0 Å².